The van der Waals surface area contributed by atoms with Crippen LogP contribution in [0.5, 0.6) is 5.75 Å². The van der Waals surface area contributed by atoms with E-state index in [1.165, 1.54) is 23.1 Å². The summed E-state index contributed by atoms with van der Waals surface area (Å²) in [7, 11) is 0. The van der Waals surface area contributed by atoms with E-state index in [1.54, 1.807) is 24.3 Å². The highest BCUT2D eigenvalue weighted by atomic mass is 35.5. The lowest BCUT2D eigenvalue weighted by molar-refractivity contribution is 0.0955. The standard InChI is InChI=1S/C26H19Cl2N5O2S/c1-16-2-8-20(9-3-16)31-26-32-23(15-36-26)18-4-6-19(7-5-18)25(34)33-30-14-17-12-21(27)24(22(28)13-17)35-11-10-29/h2-9,12-15H,11H2,1H3,(H,31,32)(H,33,34)/b30-14-. The number of hydrazone groups is 1. The van der Waals surface area contributed by atoms with Crippen molar-refractivity contribution in [1.29, 1.82) is 5.26 Å². The number of carbonyl (C=O) groups excluding carboxylic acids is 1. The summed E-state index contributed by atoms with van der Waals surface area (Å²) in [5.74, 6) is -0.150. The van der Waals surface area contributed by atoms with E-state index in [-0.39, 0.29) is 28.3 Å². The molecule has 180 valence electrons. The Morgan fingerprint density at radius 2 is 1.83 bits per heavy atom. The number of hydrogen-bond acceptors (Lipinski definition) is 7. The summed E-state index contributed by atoms with van der Waals surface area (Å²) >= 11 is 13.8. The van der Waals surface area contributed by atoms with Crippen LogP contribution in [0.3, 0.4) is 0 Å². The Hall–Kier alpha value is -3.90. The van der Waals surface area contributed by atoms with E-state index in [2.05, 4.69) is 20.8 Å². The molecule has 0 saturated carbocycles. The minimum Gasteiger partial charge on any atom is -0.476 e. The van der Waals surface area contributed by atoms with Crippen molar-refractivity contribution in [2.45, 2.75) is 6.92 Å². The van der Waals surface area contributed by atoms with E-state index in [0.29, 0.717) is 11.1 Å². The van der Waals surface area contributed by atoms with Gasteiger partial charge in [0, 0.05) is 22.2 Å². The summed E-state index contributed by atoms with van der Waals surface area (Å²) in [4.78, 5) is 17.1. The third-order valence-electron chi connectivity index (χ3n) is 4.93. The maximum atomic E-state index is 12.5. The molecule has 3 aromatic carbocycles. The average Bonchev–Trinajstić information content (AvgIpc) is 3.33. The van der Waals surface area contributed by atoms with Crippen molar-refractivity contribution >= 4 is 57.5 Å². The molecule has 0 bridgehead atoms. The first-order valence-corrected chi connectivity index (χ1v) is 12.3. The summed E-state index contributed by atoms with van der Waals surface area (Å²) in [6, 6.07) is 20.2. The molecule has 0 unspecified atom stereocenters. The molecule has 0 fully saturated rings. The highest BCUT2D eigenvalue weighted by molar-refractivity contribution is 7.14. The van der Waals surface area contributed by atoms with Crippen molar-refractivity contribution in [3.05, 3.63) is 92.8 Å². The molecule has 0 atom stereocenters. The van der Waals surface area contributed by atoms with E-state index >= 15 is 0 Å². The Labute approximate surface area is 222 Å². The van der Waals surface area contributed by atoms with E-state index in [4.69, 9.17) is 33.2 Å². The molecule has 4 rings (SSSR count). The first-order chi connectivity index (χ1) is 17.4. The Morgan fingerprint density at radius 3 is 2.50 bits per heavy atom. The zero-order valence-electron chi connectivity index (χ0n) is 19.0. The van der Waals surface area contributed by atoms with Gasteiger partial charge in [-0.15, -0.1) is 11.3 Å². The predicted molar refractivity (Wildman–Crippen MR) is 145 cm³/mol. The molecule has 2 N–H and O–H groups in total. The molecule has 1 amide bonds. The van der Waals surface area contributed by atoms with Gasteiger partial charge in [-0.3, -0.25) is 4.79 Å². The van der Waals surface area contributed by atoms with Gasteiger partial charge >= 0.3 is 0 Å². The van der Waals surface area contributed by atoms with Crippen molar-refractivity contribution in [2.75, 3.05) is 11.9 Å². The molecule has 10 heteroatoms. The molecule has 0 radical (unpaired) electrons. The van der Waals surface area contributed by atoms with Crippen LogP contribution in [0.1, 0.15) is 21.5 Å². The lowest BCUT2D eigenvalue weighted by Gasteiger charge is -2.07. The number of ether oxygens (including phenoxy) is 1. The Kier molecular flexibility index (Phi) is 8.18. The minimum absolute atomic E-state index is 0.171. The van der Waals surface area contributed by atoms with E-state index in [9.17, 15) is 4.79 Å². The van der Waals surface area contributed by atoms with Crippen molar-refractivity contribution in [3.63, 3.8) is 0 Å². The second kappa shape index (κ2) is 11.7. The van der Waals surface area contributed by atoms with Crippen LogP contribution < -0.4 is 15.5 Å². The van der Waals surface area contributed by atoms with Crippen LogP contribution in [0.15, 0.2) is 71.1 Å². The van der Waals surface area contributed by atoms with Gasteiger partial charge in [-0.1, -0.05) is 53.0 Å². The second-order valence-electron chi connectivity index (χ2n) is 7.57. The zero-order valence-corrected chi connectivity index (χ0v) is 21.3. The SMILES string of the molecule is Cc1ccc(Nc2nc(-c3ccc(C(=O)N/N=C\c4cc(Cl)c(OCC#N)c(Cl)c4)cc3)cs2)cc1. The molecule has 0 saturated heterocycles. The van der Waals surface area contributed by atoms with Crippen molar-refractivity contribution < 1.29 is 9.53 Å². The van der Waals surface area contributed by atoms with Gasteiger partial charge in [-0.05, 0) is 48.9 Å². The topological polar surface area (TPSA) is 99.4 Å². The van der Waals surface area contributed by atoms with Crippen LogP contribution in [0.4, 0.5) is 10.8 Å². The maximum Gasteiger partial charge on any atom is 0.271 e. The van der Waals surface area contributed by atoms with E-state index in [0.717, 1.165) is 22.1 Å². The fourth-order valence-electron chi connectivity index (χ4n) is 3.14. The van der Waals surface area contributed by atoms with Gasteiger partial charge in [0.1, 0.15) is 6.07 Å². The lowest BCUT2D eigenvalue weighted by atomic mass is 10.1. The number of hydrogen-bond donors (Lipinski definition) is 2. The van der Waals surface area contributed by atoms with Gasteiger partial charge in [0.05, 0.1) is 22.0 Å². The quantitative estimate of drug-likeness (QED) is 0.190. The Balaban J connectivity index is 1.36. The Bertz CT molecular complexity index is 1420. The summed E-state index contributed by atoms with van der Waals surface area (Å²) < 4.78 is 5.20. The zero-order chi connectivity index (χ0) is 25.5. The first-order valence-electron chi connectivity index (χ1n) is 10.6. The van der Waals surface area contributed by atoms with E-state index in [1.807, 2.05) is 54.8 Å². The summed E-state index contributed by atoms with van der Waals surface area (Å²) in [6.45, 7) is 1.87. The van der Waals surface area contributed by atoms with Crippen LogP contribution in [-0.4, -0.2) is 23.7 Å². The van der Waals surface area contributed by atoms with Gasteiger partial charge < -0.3 is 10.1 Å². The van der Waals surface area contributed by atoms with Crippen LogP contribution in [-0.2, 0) is 0 Å². The van der Waals surface area contributed by atoms with Crippen LogP contribution in [0.2, 0.25) is 10.0 Å². The number of thiazole rings is 1. The van der Waals surface area contributed by atoms with Gasteiger partial charge in [0.25, 0.3) is 5.91 Å². The number of benzene rings is 3. The molecule has 4 aromatic rings. The number of carbonyl (C=O) groups is 1. The fourth-order valence-corrected chi connectivity index (χ4v) is 4.50. The smallest absolute Gasteiger partial charge is 0.271 e. The number of aryl methyl sites for hydroxylation is 1. The third-order valence-corrected chi connectivity index (χ3v) is 6.25. The second-order valence-corrected chi connectivity index (χ2v) is 9.24. The van der Waals surface area contributed by atoms with Crippen molar-refractivity contribution in [2.24, 2.45) is 5.10 Å². The molecule has 0 aliphatic rings. The number of rotatable bonds is 8. The number of nitrogens with zero attached hydrogens (tertiary/aromatic N) is 3. The minimum atomic E-state index is -0.371. The highest BCUT2D eigenvalue weighted by Crippen LogP contribution is 2.33. The summed E-state index contributed by atoms with van der Waals surface area (Å²) in [5, 5.41) is 19.1. The van der Waals surface area contributed by atoms with Gasteiger partial charge in [0.2, 0.25) is 0 Å². The normalized spacial score (nSPS) is 10.7. The molecule has 0 aliphatic heterocycles. The molecule has 0 aliphatic carbocycles. The first kappa shape index (κ1) is 25.2. The molecule has 36 heavy (non-hydrogen) atoms. The van der Waals surface area contributed by atoms with Gasteiger partial charge in [0.15, 0.2) is 17.5 Å². The molecule has 1 aromatic heterocycles. The van der Waals surface area contributed by atoms with E-state index < -0.39 is 0 Å². The summed E-state index contributed by atoms with van der Waals surface area (Å²) in [5.41, 5.74) is 7.36. The average molecular weight is 536 g/mol. The van der Waals surface area contributed by atoms with Crippen molar-refractivity contribution in [3.8, 4) is 23.1 Å². The number of nitrogens with one attached hydrogen (secondary N) is 2. The largest absolute Gasteiger partial charge is 0.476 e. The van der Waals surface area contributed by atoms with Crippen LogP contribution >= 0.6 is 34.5 Å². The molecule has 1 heterocycles. The van der Waals surface area contributed by atoms with Gasteiger partial charge in [-0.2, -0.15) is 10.4 Å². The molecular formula is C26H19Cl2N5O2S. The molecule has 0 spiro atoms. The number of halogens is 2. The van der Waals surface area contributed by atoms with Gasteiger partial charge in [-0.25, -0.2) is 10.4 Å². The number of amides is 1. The predicted octanol–water partition coefficient (Wildman–Crippen LogP) is 6.84. The van der Waals surface area contributed by atoms with Crippen LogP contribution in [0, 0.1) is 18.3 Å². The number of anilines is 2. The fraction of sp³-hybridized carbons (Fsp3) is 0.0769. The lowest BCUT2D eigenvalue weighted by Crippen LogP contribution is -2.17. The number of nitriles is 1. The molecular weight excluding hydrogens is 517 g/mol. The Morgan fingerprint density at radius 1 is 1.14 bits per heavy atom. The highest BCUT2D eigenvalue weighted by Gasteiger charge is 2.10. The summed E-state index contributed by atoms with van der Waals surface area (Å²) in [6.07, 6.45) is 1.41. The maximum absolute atomic E-state index is 12.5. The van der Waals surface area contributed by atoms with Crippen LogP contribution in [0.25, 0.3) is 11.3 Å². The third kappa shape index (κ3) is 6.40. The van der Waals surface area contributed by atoms with Crippen molar-refractivity contribution in [1.82, 2.24) is 10.4 Å². The molecule has 7 nitrogen and oxygen atoms in total. The monoisotopic (exact) mass is 535 g/mol. The number of aromatic nitrogens is 1.